The van der Waals surface area contributed by atoms with Gasteiger partial charge in [0.15, 0.2) is 5.76 Å². The molecule has 32 heavy (non-hydrogen) atoms. The van der Waals surface area contributed by atoms with E-state index < -0.39 is 0 Å². The second kappa shape index (κ2) is 8.43. The third-order valence-electron chi connectivity index (χ3n) is 5.56. The zero-order valence-corrected chi connectivity index (χ0v) is 18.0. The molecule has 1 saturated heterocycles. The van der Waals surface area contributed by atoms with Gasteiger partial charge in [0.1, 0.15) is 12.2 Å². The zero-order valence-electron chi connectivity index (χ0n) is 17.1. The van der Waals surface area contributed by atoms with E-state index in [9.17, 15) is 14.4 Å². The molecule has 0 spiro atoms. The highest BCUT2D eigenvalue weighted by Crippen LogP contribution is 2.28. The summed E-state index contributed by atoms with van der Waals surface area (Å²) in [6.07, 6.45) is 1.46. The molecule has 1 aliphatic heterocycles. The van der Waals surface area contributed by atoms with Crippen LogP contribution in [0.3, 0.4) is 0 Å². The number of amides is 2. The Morgan fingerprint density at radius 1 is 0.938 bits per heavy atom. The molecule has 1 aromatic carbocycles. The van der Waals surface area contributed by atoms with E-state index in [1.54, 1.807) is 28.0 Å². The van der Waals surface area contributed by atoms with Crippen molar-refractivity contribution in [1.29, 1.82) is 0 Å². The Morgan fingerprint density at radius 3 is 2.38 bits per heavy atom. The van der Waals surface area contributed by atoms with Gasteiger partial charge in [-0.1, -0.05) is 24.3 Å². The Balaban J connectivity index is 1.35. The van der Waals surface area contributed by atoms with Crippen molar-refractivity contribution in [1.82, 2.24) is 19.6 Å². The maximum absolute atomic E-state index is 13.0. The molecule has 0 aliphatic carbocycles. The highest BCUT2D eigenvalue weighted by Gasteiger charge is 2.26. The van der Waals surface area contributed by atoms with Crippen molar-refractivity contribution in [2.75, 3.05) is 26.2 Å². The number of thiophene rings is 1. The third kappa shape index (κ3) is 3.71. The maximum Gasteiger partial charge on any atom is 0.289 e. The van der Waals surface area contributed by atoms with Crippen LogP contribution in [0.25, 0.3) is 21.3 Å². The van der Waals surface area contributed by atoms with Crippen LogP contribution in [0.2, 0.25) is 0 Å². The average molecular weight is 449 g/mol. The summed E-state index contributed by atoms with van der Waals surface area (Å²) in [7, 11) is 0. The lowest BCUT2D eigenvalue weighted by atomic mass is 10.1. The molecular weight excluding hydrogens is 428 g/mol. The number of benzene rings is 1. The Hall–Kier alpha value is -3.72. The van der Waals surface area contributed by atoms with E-state index in [0.29, 0.717) is 37.3 Å². The van der Waals surface area contributed by atoms with Crippen molar-refractivity contribution in [2.24, 2.45) is 0 Å². The average Bonchev–Trinajstić information content (AvgIpc) is 3.55. The van der Waals surface area contributed by atoms with Gasteiger partial charge in [-0.15, -0.1) is 11.3 Å². The van der Waals surface area contributed by atoms with Gasteiger partial charge in [-0.25, -0.2) is 4.68 Å². The molecule has 3 aromatic heterocycles. The first-order chi connectivity index (χ1) is 15.6. The van der Waals surface area contributed by atoms with Gasteiger partial charge in [0.2, 0.25) is 5.91 Å². The van der Waals surface area contributed by atoms with Crippen molar-refractivity contribution in [3.63, 3.8) is 0 Å². The number of piperazine rings is 1. The molecule has 162 valence electrons. The van der Waals surface area contributed by atoms with Gasteiger partial charge in [-0.05, 0) is 29.6 Å². The summed E-state index contributed by atoms with van der Waals surface area (Å²) in [4.78, 5) is 42.7. The summed E-state index contributed by atoms with van der Waals surface area (Å²) >= 11 is 1.54. The summed E-state index contributed by atoms with van der Waals surface area (Å²) in [5.41, 5.74) is 0.401. The van der Waals surface area contributed by atoms with Crippen LogP contribution in [0.15, 0.2) is 69.4 Å². The van der Waals surface area contributed by atoms with E-state index in [2.05, 4.69) is 5.10 Å². The first-order valence-electron chi connectivity index (χ1n) is 10.3. The van der Waals surface area contributed by atoms with E-state index in [1.807, 2.05) is 35.7 Å². The summed E-state index contributed by atoms with van der Waals surface area (Å²) in [6, 6.07) is 14.5. The number of carbonyl (C=O) groups is 2. The van der Waals surface area contributed by atoms with Gasteiger partial charge in [0.05, 0.1) is 16.5 Å². The Kier molecular flexibility index (Phi) is 5.32. The topological polar surface area (TPSA) is 88.7 Å². The fourth-order valence-corrected chi connectivity index (χ4v) is 4.60. The first-order valence-corrected chi connectivity index (χ1v) is 11.1. The largest absolute Gasteiger partial charge is 0.459 e. The number of rotatable bonds is 4. The SMILES string of the molecule is O=C(Cn1nc(-c2cccs2)c2ccccc2c1=O)N1CCN(C(=O)c2ccco2)CC1. The molecule has 0 bridgehead atoms. The van der Waals surface area contributed by atoms with E-state index in [1.165, 1.54) is 22.3 Å². The number of fused-ring (bicyclic) bond motifs is 1. The van der Waals surface area contributed by atoms with E-state index in [0.717, 1.165) is 10.3 Å². The van der Waals surface area contributed by atoms with Gasteiger partial charge < -0.3 is 14.2 Å². The lowest BCUT2D eigenvalue weighted by Gasteiger charge is -2.34. The second-order valence-corrected chi connectivity index (χ2v) is 8.43. The Bertz CT molecular complexity index is 1320. The van der Waals surface area contributed by atoms with Gasteiger partial charge in [0.25, 0.3) is 11.5 Å². The zero-order chi connectivity index (χ0) is 22.1. The highest BCUT2D eigenvalue weighted by molar-refractivity contribution is 7.13. The van der Waals surface area contributed by atoms with Gasteiger partial charge >= 0.3 is 0 Å². The van der Waals surface area contributed by atoms with Crippen molar-refractivity contribution in [2.45, 2.75) is 6.54 Å². The number of hydrogen-bond acceptors (Lipinski definition) is 6. The molecule has 1 aliphatic rings. The lowest BCUT2D eigenvalue weighted by Crippen LogP contribution is -2.51. The predicted molar refractivity (Wildman–Crippen MR) is 121 cm³/mol. The van der Waals surface area contributed by atoms with Crippen LogP contribution in [0, 0.1) is 0 Å². The molecule has 0 radical (unpaired) electrons. The summed E-state index contributed by atoms with van der Waals surface area (Å²) in [6.45, 7) is 1.46. The summed E-state index contributed by atoms with van der Waals surface area (Å²) < 4.78 is 6.42. The van der Waals surface area contributed by atoms with Crippen molar-refractivity contribution >= 4 is 33.9 Å². The van der Waals surface area contributed by atoms with Gasteiger partial charge in [-0.3, -0.25) is 14.4 Å². The smallest absolute Gasteiger partial charge is 0.289 e. The minimum atomic E-state index is -0.291. The molecule has 8 nitrogen and oxygen atoms in total. The first kappa shape index (κ1) is 20.2. The molecule has 2 amide bonds. The minimum absolute atomic E-state index is 0.145. The lowest BCUT2D eigenvalue weighted by molar-refractivity contribution is -0.133. The number of furan rings is 1. The van der Waals surface area contributed by atoms with Crippen LogP contribution in [0.5, 0.6) is 0 Å². The van der Waals surface area contributed by atoms with Crippen LogP contribution in [-0.4, -0.2) is 57.6 Å². The van der Waals surface area contributed by atoms with Crippen molar-refractivity contribution in [3.05, 3.63) is 76.3 Å². The van der Waals surface area contributed by atoms with Crippen LogP contribution >= 0.6 is 11.3 Å². The van der Waals surface area contributed by atoms with Crippen LogP contribution < -0.4 is 5.56 Å². The van der Waals surface area contributed by atoms with Crippen LogP contribution in [0.1, 0.15) is 10.6 Å². The second-order valence-electron chi connectivity index (χ2n) is 7.48. The summed E-state index contributed by atoms with van der Waals surface area (Å²) in [5.74, 6) is -0.0926. The fraction of sp³-hybridized carbons (Fsp3) is 0.217. The normalized spacial score (nSPS) is 14.1. The Morgan fingerprint density at radius 2 is 1.69 bits per heavy atom. The molecule has 0 saturated carbocycles. The van der Waals surface area contributed by atoms with Crippen molar-refractivity contribution in [3.8, 4) is 10.6 Å². The van der Waals surface area contributed by atoms with Crippen LogP contribution in [-0.2, 0) is 11.3 Å². The Labute approximate surface area is 187 Å². The monoisotopic (exact) mass is 448 g/mol. The molecule has 1 fully saturated rings. The van der Waals surface area contributed by atoms with E-state index in [4.69, 9.17) is 4.42 Å². The minimum Gasteiger partial charge on any atom is -0.459 e. The maximum atomic E-state index is 13.0. The van der Waals surface area contributed by atoms with E-state index in [-0.39, 0.29) is 29.7 Å². The molecule has 0 atom stereocenters. The molecule has 9 heteroatoms. The molecule has 4 aromatic rings. The highest BCUT2D eigenvalue weighted by atomic mass is 32.1. The predicted octanol–water partition coefficient (Wildman–Crippen LogP) is 2.70. The van der Waals surface area contributed by atoms with Crippen molar-refractivity contribution < 1.29 is 14.0 Å². The molecule has 5 rings (SSSR count). The molecular formula is C23H20N4O4S. The van der Waals surface area contributed by atoms with Gasteiger partial charge in [-0.2, -0.15) is 5.10 Å². The molecule has 0 N–H and O–H groups in total. The molecule has 4 heterocycles. The summed E-state index contributed by atoms with van der Waals surface area (Å²) in [5, 5.41) is 7.81. The van der Waals surface area contributed by atoms with Crippen LogP contribution in [0.4, 0.5) is 0 Å². The number of carbonyl (C=O) groups excluding carboxylic acids is 2. The fourth-order valence-electron chi connectivity index (χ4n) is 3.88. The number of aromatic nitrogens is 2. The number of nitrogens with zero attached hydrogens (tertiary/aromatic N) is 4. The molecule has 0 unspecified atom stereocenters. The third-order valence-corrected chi connectivity index (χ3v) is 6.44. The van der Waals surface area contributed by atoms with Gasteiger partial charge in [0, 0.05) is 31.6 Å². The quantitative estimate of drug-likeness (QED) is 0.479. The standard InChI is InChI=1S/C23H20N4O4S/c28-20(25-9-11-26(12-10-25)23(30)18-7-3-13-31-18)15-27-22(29)17-6-2-1-5-16(17)21(24-27)19-8-4-14-32-19/h1-8,13-14H,9-12,15H2. The van der Waals surface area contributed by atoms with E-state index >= 15 is 0 Å². The number of hydrogen-bond donors (Lipinski definition) is 0.